The van der Waals surface area contributed by atoms with Crippen molar-refractivity contribution in [2.75, 3.05) is 0 Å². The van der Waals surface area contributed by atoms with Crippen LogP contribution in [0.3, 0.4) is 0 Å². The van der Waals surface area contributed by atoms with E-state index in [-0.39, 0.29) is 5.92 Å². The van der Waals surface area contributed by atoms with Crippen LogP contribution in [0.15, 0.2) is 206 Å². The molecule has 1 aliphatic rings. The van der Waals surface area contributed by atoms with E-state index < -0.39 is 0 Å². The average Bonchev–Trinajstić information content (AvgIpc) is 3.79. The maximum atomic E-state index is 2.46. The Hall–Kier alpha value is -7.16. The van der Waals surface area contributed by atoms with Gasteiger partial charge in [-0.15, -0.1) is 0 Å². The quantitative estimate of drug-likeness (QED) is 0.162. The molecule has 11 rings (SSSR count). The van der Waals surface area contributed by atoms with Gasteiger partial charge in [0.05, 0.1) is 16.6 Å². The molecule has 0 N–H and O–H groups in total. The minimum atomic E-state index is 0.268. The summed E-state index contributed by atoms with van der Waals surface area (Å²) in [4.78, 5) is 0. The molecule has 8 aromatic carbocycles. The van der Waals surface area contributed by atoms with E-state index in [0.29, 0.717) is 0 Å². The maximum Gasteiger partial charge on any atom is 0.0541 e. The zero-order valence-corrected chi connectivity index (χ0v) is 30.9. The van der Waals surface area contributed by atoms with Crippen LogP contribution in [0.2, 0.25) is 0 Å². The summed E-state index contributed by atoms with van der Waals surface area (Å²) in [5.41, 5.74) is 17.4. The molecule has 0 amide bonds. The van der Waals surface area contributed by atoms with E-state index >= 15 is 0 Å². The van der Waals surface area contributed by atoms with Gasteiger partial charge in [-0.25, -0.2) is 0 Å². The molecule has 0 aliphatic heterocycles. The van der Waals surface area contributed by atoms with E-state index in [4.69, 9.17) is 0 Å². The first-order valence-electron chi connectivity index (χ1n) is 19.5. The summed E-state index contributed by atoms with van der Waals surface area (Å²) in [7, 11) is 0. The zero-order valence-electron chi connectivity index (χ0n) is 30.9. The van der Waals surface area contributed by atoms with Gasteiger partial charge in [-0.1, -0.05) is 158 Å². The molecule has 0 bridgehead atoms. The summed E-state index contributed by atoms with van der Waals surface area (Å²) in [6.07, 6.45) is 5.74. The van der Waals surface area contributed by atoms with Crippen molar-refractivity contribution < 1.29 is 0 Å². The van der Waals surface area contributed by atoms with Crippen LogP contribution in [0, 0.1) is 0 Å². The first-order chi connectivity index (χ1) is 27.8. The van der Waals surface area contributed by atoms with Crippen LogP contribution >= 0.6 is 0 Å². The molecule has 0 radical (unpaired) electrons. The zero-order chi connectivity index (χ0) is 37.0. The Morgan fingerprint density at radius 3 is 1.54 bits per heavy atom. The van der Waals surface area contributed by atoms with Crippen molar-refractivity contribution in [1.82, 2.24) is 9.13 Å². The Balaban J connectivity index is 0.963. The molecule has 2 heterocycles. The van der Waals surface area contributed by atoms with Crippen molar-refractivity contribution in [3.05, 3.63) is 223 Å². The predicted molar refractivity (Wildman–Crippen MR) is 236 cm³/mol. The molecule has 56 heavy (non-hydrogen) atoms. The number of benzene rings is 8. The lowest BCUT2D eigenvalue weighted by Crippen LogP contribution is -2.07. The van der Waals surface area contributed by atoms with Crippen LogP contribution in [0.4, 0.5) is 0 Å². The number of allylic oxidation sites excluding steroid dienone is 1. The lowest BCUT2D eigenvalue weighted by Gasteiger charge is -2.20. The Labute approximate surface area is 326 Å². The molecule has 1 atom stereocenters. The SMILES string of the molecule is C1=CC(c2ccc3c(c2)c2ccccc2n3-c2cccc(-c3ccccc3)c2)Cc2c1n(-c1cccc(-c3ccc(-c4ccccc4)cc3)c1)c1ccccc21. The first-order valence-corrected chi connectivity index (χ1v) is 19.5. The molecular formula is C54H38N2. The highest BCUT2D eigenvalue weighted by atomic mass is 15.0. The van der Waals surface area contributed by atoms with E-state index in [0.717, 1.165) is 6.42 Å². The van der Waals surface area contributed by atoms with E-state index in [1.165, 1.54) is 94.3 Å². The van der Waals surface area contributed by atoms with E-state index in [9.17, 15) is 0 Å². The highest BCUT2D eigenvalue weighted by Crippen LogP contribution is 2.41. The van der Waals surface area contributed by atoms with E-state index in [1.807, 2.05) is 0 Å². The second-order valence-electron chi connectivity index (χ2n) is 14.9. The number of hydrogen-bond donors (Lipinski definition) is 0. The third-order valence-corrected chi connectivity index (χ3v) is 11.7. The lowest BCUT2D eigenvalue weighted by molar-refractivity contribution is 0.826. The van der Waals surface area contributed by atoms with E-state index in [1.54, 1.807) is 0 Å². The summed E-state index contributed by atoms with van der Waals surface area (Å²) in [6, 6.07) is 73.0. The summed E-state index contributed by atoms with van der Waals surface area (Å²) in [6.45, 7) is 0. The summed E-state index contributed by atoms with van der Waals surface area (Å²) in [5, 5.41) is 3.89. The second kappa shape index (κ2) is 13.3. The van der Waals surface area contributed by atoms with Gasteiger partial charge in [-0.3, -0.25) is 0 Å². The smallest absolute Gasteiger partial charge is 0.0541 e. The van der Waals surface area contributed by atoms with Crippen LogP contribution < -0.4 is 0 Å². The molecule has 264 valence electrons. The first kappa shape index (κ1) is 32.3. The highest BCUT2D eigenvalue weighted by Gasteiger charge is 2.24. The molecule has 0 fully saturated rings. The monoisotopic (exact) mass is 714 g/mol. The third kappa shape index (κ3) is 5.41. The van der Waals surface area contributed by atoms with Crippen molar-refractivity contribution in [2.24, 2.45) is 0 Å². The van der Waals surface area contributed by atoms with Crippen molar-refractivity contribution >= 4 is 38.8 Å². The fourth-order valence-corrected chi connectivity index (χ4v) is 8.98. The molecule has 2 heteroatoms. The molecule has 0 spiro atoms. The van der Waals surface area contributed by atoms with Crippen LogP contribution in [0.5, 0.6) is 0 Å². The number of nitrogens with zero attached hydrogens (tertiary/aromatic N) is 2. The van der Waals surface area contributed by atoms with Crippen LogP contribution in [0.1, 0.15) is 22.7 Å². The summed E-state index contributed by atoms with van der Waals surface area (Å²) >= 11 is 0. The predicted octanol–water partition coefficient (Wildman–Crippen LogP) is 14.1. The van der Waals surface area contributed by atoms with Gasteiger partial charge in [0.1, 0.15) is 0 Å². The number of fused-ring (bicyclic) bond motifs is 6. The number of aromatic nitrogens is 2. The standard InChI is InChI=1S/C54H38N2/c1-3-13-37(14-4-1)39-25-27-40(28-26-39)42-18-12-20-46(34-42)56-52-24-10-8-22-48(52)50-36-44(30-32-54(50)56)43-29-31-53-49(35-43)47-21-7-9-23-51(47)55(53)45-19-11-17-41(33-45)38-15-5-2-6-16-38/h1-35,44H,36H2. The maximum absolute atomic E-state index is 2.46. The molecule has 2 nitrogen and oxygen atoms in total. The van der Waals surface area contributed by atoms with Crippen LogP contribution in [-0.4, -0.2) is 9.13 Å². The van der Waals surface area contributed by atoms with Gasteiger partial charge < -0.3 is 9.13 Å². The normalized spacial score (nSPS) is 13.8. The van der Waals surface area contributed by atoms with Gasteiger partial charge in [0, 0.05) is 39.1 Å². The topological polar surface area (TPSA) is 9.86 Å². The minimum Gasteiger partial charge on any atom is -0.310 e. The van der Waals surface area contributed by atoms with Crippen molar-refractivity contribution in [1.29, 1.82) is 0 Å². The minimum absolute atomic E-state index is 0.268. The molecule has 0 saturated carbocycles. The van der Waals surface area contributed by atoms with Crippen molar-refractivity contribution in [3.63, 3.8) is 0 Å². The van der Waals surface area contributed by atoms with Gasteiger partial charge in [0.25, 0.3) is 0 Å². The molecule has 0 saturated heterocycles. The fraction of sp³-hybridized carbons (Fsp3) is 0.0370. The molecular weight excluding hydrogens is 677 g/mol. The molecule has 10 aromatic rings. The Kier molecular flexibility index (Phi) is 7.67. The van der Waals surface area contributed by atoms with Gasteiger partial charge in [0.15, 0.2) is 0 Å². The number of hydrogen-bond acceptors (Lipinski definition) is 0. The largest absolute Gasteiger partial charge is 0.310 e. The molecule has 1 unspecified atom stereocenters. The van der Waals surface area contributed by atoms with Gasteiger partial charge in [-0.05, 0) is 106 Å². The van der Waals surface area contributed by atoms with Crippen molar-refractivity contribution in [2.45, 2.75) is 12.3 Å². The Morgan fingerprint density at radius 1 is 0.357 bits per heavy atom. The molecule has 2 aromatic heterocycles. The molecule has 1 aliphatic carbocycles. The van der Waals surface area contributed by atoms with Gasteiger partial charge in [-0.2, -0.15) is 0 Å². The Morgan fingerprint density at radius 2 is 0.857 bits per heavy atom. The summed E-state index contributed by atoms with van der Waals surface area (Å²) in [5.74, 6) is 0.268. The lowest BCUT2D eigenvalue weighted by atomic mass is 9.86. The summed E-state index contributed by atoms with van der Waals surface area (Å²) < 4.78 is 4.88. The Bertz CT molecular complexity index is 3090. The average molecular weight is 715 g/mol. The van der Waals surface area contributed by atoms with Crippen molar-refractivity contribution in [3.8, 4) is 44.8 Å². The van der Waals surface area contributed by atoms with Crippen LogP contribution in [-0.2, 0) is 6.42 Å². The van der Waals surface area contributed by atoms with Crippen LogP contribution in [0.25, 0.3) is 83.5 Å². The van der Waals surface area contributed by atoms with E-state index in [2.05, 4.69) is 221 Å². The third-order valence-electron chi connectivity index (χ3n) is 11.7. The fourth-order valence-electron chi connectivity index (χ4n) is 8.98. The highest BCUT2D eigenvalue weighted by molar-refractivity contribution is 6.09. The van der Waals surface area contributed by atoms with Gasteiger partial charge in [0.2, 0.25) is 0 Å². The number of para-hydroxylation sites is 2. The number of rotatable bonds is 6. The second-order valence-corrected chi connectivity index (χ2v) is 14.9. The van der Waals surface area contributed by atoms with Gasteiger partial charge >= 0.3 is 0 Å².